The topological polar surface area (TPSA) is 44.8 Å². The molecule has 2 rings (SSSR count). The average Bonchev–Trinajstić information content (AvgIpc) is 2.62. The van der Waals surface area contributed by atoms with Crippen molar-refractivity contribution in [2.45, 2.75) is 26.1 Å². The molecule has 0 N–H and O–H groups in total. The molecule has 0 radical (unpaired) electrons. The molecule has 4 heteroatoms. The first kappa shape index (κ1) is 10.6. The maximum Gasteiger partial charge on any atom is 0.302 e. The highest BCUT2D eigenvalue weighted by atomic mass is 16.7. The van der Waals surface area contributed by atoms with Gasteiger partial charge in [-0.25, -0.2) is 0 Å². The Morgan fingerprint density at radius 1 is 1.60 bits per heavy atom. The van der Waals surface area contributed by atoms with Gasteiger partial charge in [0.25, 0.3) is 0 Å². The van der Waals surface area contributed by atoms with Crippen molar-refractivity contribution in [1.29, 1.82) is 0 Å². The van der Waals surface area contributed by atoms with E-state index in [0.717, 1.165) is 19.4 Å². The van der Waals surface area contributed by atoms with Gasteiger partial charge in [0.15, 0.2) is 6.29 Å². The molecule has 2 atom stereocenters. The van der Waals surface area contributed by atoms with Crippen molar-refractivity contribution in [2.75, 3.05) is 19.8 Å². The minimum absolute atomic E-state index is 0.0673. The van der Waals surface area contributed by atoms with E-state index < -0.39 is 0 Å². The smallest absolute Gasteiger partial charge is 0.302 e. The second-order valence-corrected chi connectivity index (χ2v) is 3.88. The molecule has 84 valence electrons. The predicted octanol–water partition coefficient (Wildman–Crippen LogP) is 1.26. The van der Waals surface area contributed by atoms with E-state index in [1.807, 2.05) is 6.08 Å². The van der Waals surface area contributed by atoms with Gasteiger partial charge in [0.1, 0.15) is 6.61 Å². The summed E-state index contributed by atoms with van der Waals surface area (Å²) in [4.78, 5) is 10.6. The van der Waals surface area contributed by atoms with E-state index in [9.17, 15) is 4.79 Å². The minimum Gasteiger partial charge on any atom is -0.462 e. The van der Waals surface area contributed by atoms with Crippen molar-refractivity contribution in [2.24, 2.45) is 5.92 Å². The van der Waals surface area contributed by atoms with Crippen molar-refractivity contribution in [3.05, 3.63) is 11.6 Å². The molecule has 0 aromatic carbocycles. The molecule has 0 bridgehead atoms. The molecule has 0 aromatic heterocycles. The molecule has 0 saturated carbocycles. The third-order valence-corrected chi connectivity index (χ3v) is 2.79. The summed E-state index contributed by atoms with van der Waals surface area (Å²) in [5, 5.41) is 0. The van der Waals surface area contributed by atoms with Gasteiger partial charge in [-0.1, -0.05) is 0 Å². The van der Waals surface area contributed by atoms with E-state index in [0.29, 0.717) is 19.1 Å². The Morgan fingerprint density at radius 2 is 2.47 bits per heavy atom. The molecule has 2 heterocycles. The second kappa shape index (κ2) is 4.77. The van der Waals surface area contributed by atoms with Crippen LogP contribution in [-0.4, -0.2) is 32.1 Å². The number of esters is 1. The summed E-state index contributed by atoms with van der Waals surface area (Å²) in [6, 6.07) is 0. The summed E-state index contributed by atoms with van der Waals surface area (Å²) in [6.07, 6.45) is 4.06. The molecule has 15 heavy (non-hydrogen) atoms. The van der Waals surface area contributed by atoms with Gasteiger partial charge >= 0.3 is 5.97 Å². The lowest BCUT2D eigenvalue weighted by atomic mass is 9.94. The van der Waals surface area contributed by atoms with Crippen LogP contribution in [0.2, 0.25) is 0 Å². The van der Waals surface area contributed by atoms with Crippen LogP contribution in [-0.2, 0) is 19.0 Å². The highest BCUT2D eigenvalue weighted by Gasteiger charge is 2.35. The van der Waals surface area contributed by atoms with Crippen molar-refractivity contribution < 1.29 is 19.0 Å². The Balaban J connectivity index is 1.89. The standard InChI is InChI=1S/C11H16O4/c1-8(12)13-6-4-9-7-15-11-10(9)3-2-5-14-11/h4,10-11H,2-3,5-7H2,1H3/b9-4+/t10-,11+/m1/s1. The number of hydrogen-bond donors (Lipinski definition) is 0. The van der Waals surface area contributed by atoms with Gasteiger partial charge in [-0.2, -0.15) is 0 Å². The summed E-state index contributed by atoms with van der Waals surface area (Å²) in [5.41, 5.74) is 1.21. The number of carbonyl (C=O) groups is 1. The van der Waals surface area contributed by atoms with Gasteiger partial charge in [0, 0.05) is 19.4 Å². The molecule has 0 aliphatic carbocycles. The zero-order valence-corrected chi connectivity index (χ0v) is 8.90. The summed E-state index contributed by atoms with van der Waals surface area (Å²) < 4.78 is 15.9. The SMILES string of the molecule is CC(=O)OC/C=C1\CO[C@@H]2OCCC[C@H]12. The first-order valence-corrected chi connectivity index (χ1v) is 5.33. The van der Waals surface area contributed by atoms with E-state index in [1.165, 1.54) is 12.5 Å². The Labute approximate surface area is 89.2 Å². The molecule has 4 nitrogen and oxygen atoms in total. The quantitative estimate of drug-likeness (QED) is 0.510. The van der Waals surface area contributed by atoms with Crippen LogP contribution < -0.4 is 0 Å². The van der Waals surface area contributed by atoms with E-state index in [2.05, 4.69) is 0 Å². The number of fused-ring (bicyclic) bond motifs is 1. The first-order chi connectivity index (χ1) is 7.27. The maximum absolute atomic E-state index is 10.6. The second-order valence-electron chi connectivity index (χ2n) is 3.88. The number of carbonyl (C=O) groups excluding carboxylic acids is 1. The fourth-order valence-electron chi connectivity index (χ4n) is 2.04. The number of ether oxygens (including phenoxy) is 3. The van der Waals surface area contributed by atoms with Crippen molar-refractivity contribution in [3.8, 4) is 0 Å². The van der Waals surface area contributed by atoms with E-state index >= 15 is 0 Å². The average molecular weight is 212 g/mol. The van der Waals surface area contributed by atoms with Crippen LogP contribution >= 0.6 is 0 Å². The van der Waals surface area contributed by atoms with Crippen LogP contribution in [0.1, 0.15) is 19.8 Å². The molecule has 0 amide bonds. The molecule has 2 fully saturated rings. The number of hydrogen-bond acceptors (Lipinski definition) is 4. The molecule has 2 aliphatic rings. The molecule has 0 unspecified atom stereocenters. The highest BCUT2D eigenvalue weighted by molar-refractivity contribution is 5.66. The van der Waals surface area contributed by atoms with Crippen molar-refractivity contribution in [3.63, 3.8) is 0 Å². The molecule has 2 aliphatic heterocycles. The van der Waals surface area contributed by atoms with Crippen LogP contribution in [0.3, 0.4) is 0 Å². The Kier molecular flexibility index (Phi) is 3.38. The predicted molar refractivity (Wildman–Crippen MR) is 53.1 cm³/mol. The molecular weight excluding hydrogens is 196 g/mol. The zero-order chi connectivity index (χ0) is 10.7. The van der Waals surface area contributed by atoms with Crippen LogP contribution in [0, 0.1) is 5.92 Å². The summed E-state index contributed by atoms with van der Waals surface area (Å²) >= 11 is 0. The van der Waals surface area contributed by atoms with E-state index in [1.54, 1.807) is 0 Å². The van der Waals surface area contributed by atoms with Gasteiger partial charge in [-0.3, -0.25) is 4.79 Å². The molecule has 2 saturated heterocycles. The Hall–Kier alpha value is -0.870. The maximum atomic E-state index is 10.6. The number of rotatable bonds is 2. The largest absolute Gasteiger partial charge is 0.462 e. The fraction of sp³-hybridized carbons (Fsp3) is 0.727. The monoisotopic (exact) mass is 212 g/mol. The molecule has 0 aromatic rings. The van der Waals surface area contributed by atoms with Crippen LogP contribution in [0.4, 0.5) is 0 Å². The van der Waals surface area contributed by atoms with Gasteiger partial charge in [-0.05, 0) is 24.5 Å². The third kappa shape index (κ3) is 2.58. The lowest BCUT2D eigenvalue weighted by Crippen LogP contribution is -2.26. The van der Waals surface area contributed by atoms with E-state index in [4.69, 9.17) is 14.2 Å². The van der Waals surface area contributed by atoms with Gasteiger partial charge in [0.05, 0.1) is 6.61 Å². The summed E-state index contributed by atoms with van der Waals surface area (Å²) in [7, 11) is 0. The summed E-state index contributed by atoms with van der Waals surface area (Å²) in [5.74, 6) is 0.122. The molecular formula is C11H16O4. The van der Waals surface area contributed by atoms with Gasteiger partial charge in [0.2, 0.25) is 0 Å². The van der Waals surface area contributed by atoms with Gasteiger partial charge < -0.3 is 14.2 Å². The zero-order valence-electron chi connectivity index (χ0n) is 8.90. The highest BCUT2D eigenvalue weighted by Crippen LogP contribution is 2.34. The normalized spacial score (nSPS) is 32.7. The van der Waals surface area contributed by atoms with Crippen LogP contribution in [0.25, 0.3) is 0 Å². The minimum atomic E-state index is -0.248. The Bertz CT molecular complexity index is 272. The first-order valence-electron chi connectivity index (χ1n) is 5.33. The summed E-state index contributed by atoms with van der Waals surface area (Å²) in [6.45, 7) is 3.16. The molecule has 0 spiro atoms. The fourth-order valence-corrected chi connectivity index (χ4v) is 2.04. The lowest BCUT2D eigenvalue weighted by molar-refractivity contribution is -0.150. The van der Waals surface area contributed by atoms with Crippen LogP contribution in [0.15, 0.2) is 11.6 Å². The van der Waals surface area contributed by atoms with Crippen LogP contribution in [0.5, 0.6) is 0 Å². The third-order valence-electron chi connectivity index (χ3n) is 2.79. The Morgan fingerprint density at radius 3 is 3.27 bits per heavy atom. The van der Waals surface area contributed by atoms with Crippen molar-refractivity contribution >= 4 is 5.97 Å². The lowest BCUT2D eigenvalue weighted by Gasteiger charge is -2.24. The van der Waals surface area contributed by atoms with E-state index in [-0.39, 0.29) is 12.3 Å². The van der Waals surface area contributed by atoms with Gasteiger partial charge in [-0.15, -0.1) is 0 Å². The van der Waals surface area contributed by atoms with Crippen molar-refractivity contribution in [1.82, 2.24) is 0 Å².